The molecule has 1 heterocycles. The second-order valence-electron chi connectivity index (χ2n) is 3.52. The second-order valence-corrected chi connectivity index (χ2v) is 5.72. The molecule has 0 radical (unpaired) electrons. The zero-order valence-electron chi connectivity index (χ0n) is 9.53. The maximum Gasteiger partial charge on any atom is 0.128 e. The van der Waals surface area contributed by atoms with Crippen LogP contribution in [0.15, 0.2) is 22.7 Å². The third kappa shape index (κ3) is 2.51. The Morgan fingerprint density at radius 2 is 2.24 bits per heavy atom. The van der Waals surface area contributed by atoms with Crippen molar-refractivity contribution in [3.8, 4) is 17.0 Å². The van der Waals surface area contributed by atoms with Gasteiger partial charge in [-0.15, -0.1) is 11.3 Å². The van der Waals surface area contributed by atoms with Gasteiger partial charge in [0.2, 0.25) is 0 Å². The Morgan fingerprint density at radius 3 is 2.82 bits per heavy atom. The number of aliphatic hydroxyl groups excluding tert-OH is 1. The molecule has 0 bridgehead atoms. The average Bonchev–Trinajstić information content (AvgIpc) is 2.70. The van der Waals surface area contributed by atoms with E-state index in [-0.39, 0.29) is 6.61 Å². The minimum atomic E-state index is -0.0260. The molecular weight excluding hydrogens is 302 g/mol. The predicted octanol–water partition coefficient (Wildman–Crippen LogP) is 3.38. The summed E-state index contributed by atoms with van der Waals surface area (Å²) in [6, 6.07) is 5.80. The Morgan fingerprint density at radius 1 is 1.47 bits per heavy atom. The number of benzene rings is 1. The summed E-state index contributed by atoms with van der Waals surface area (Å²) in [5, 5.41) is 9.83. The zero-order valence-corrected chi connectivity index (χ0v) is 11.9. The Balaban J connectivity index is 2.58. The van der Waals surface area contributed by atoms with Gasteiger partial charge in [-0.25, -0.2) is 4.98 Å². The first-order valence-electron chi connectivity index (χ1n) is 5.06. The fourth-order valence-corrected chi connectivity index (χ4v) is 2.80. The minimum absolute atomic E-state index is 0.0260. The Hall–Kier alpha value is -0.910. The highest BCUT2D eigenvalue weighted by Crippen LogP contribution is 2.35. The number of ether oxygens (including phenoxy) is 1. The molecule has 0 atom stereocenters. The van der Waals surface area contributed by atoms with Crippen LogP contribution in [-0.4, -0.2) is 17.2 Å². The molecule has 0 aliphatic carbocycles. The first-order valence-corrected chi connectivity index (χ1v) is 6.67. The van der Waals surface area contributed by atoms with Crippen LogP contribution < -0.4 is 4.74 Å². The van der Waals surface area contributed by atoms with Crippen LogP contribution >= 0.6 is 27.3 Å². The first-order chi connectivity index (χ1) is 8.15. The normalized spacial score (nSPS) is 10.6. The number of hydrogen-bond donors (Lipinski definition) is 1. The van der Waals surface area contributed by atoms with Crippen molar-refractivity contribution in [1.29, 1.82) is 0 Å². The minimum Gasteiger partial charge on any atom is -0.496 e. The van der Waals surface area contributed by atoms with Crippen LogP contribution in [0.3, 0.4) is 0 Å². The highest BCUT2D eigenvalue weighted by Gasteiger charge is 2.14. The second kappa shape index (κ2) is 5.16. The van der Waals surface area contributed by atoms with Crippen molar-refractivity contribution < 1.29 is 9.84 Å². The first kappa shape index (κ1) is 12.5. The van der Waals surface area contributed by atoms with Crippen molar-refractivity contribution in [2.24, 2.45) is 0 Å². The molecule has 0 fully saturated rings. The molecule has 2 rings (SSSR count). The van der Waals surface area contributed by atoms with Crippen LogP contribution in [0.4, 0.5) is 0 Å². The van der Waals surface area contributed by atoms with E-state index in [4.69, 9.17) is 9.84 Å². The summed E-state index contributed by atoms with van der Waals surface area (Å²) in [5.41, 5.74) is 1.81. The summed E-state index contributed by atoms with van der Waals surface area (Å²) in [4.78, 5) is 5.49. The highest BCUT2D eigenvalue weighted by atomic mass is 79.9. The summed E-state index contributed by atoms with van der Waals surface area (Å²) in [6.45, 7) is 1.97. The largest absolute Gasteiger partial charge is 0.496 e. The lowest BCUT2D eigenvalue weighted by atomic mass is 10.1. The molecule has 0 aliphatic rings. The summed E-state index contributed by atoms with van der Waals surface area (Å²) in [6.07, 6.45) is 0. The van der Waals surface area contributed by atoms with Gasteiger partial charge in [0.15, 0.2) is 0 Å². The fourth-order valence-electron chi connectivity index (χ4n) is 1.63. The lowest BCUT2D eigenvalue weighted by molar-refractivity contribution is 0.281. The van der Waals surface area contributed by atoms with Gasteiger partial charge in [-0.3, -0.25) is 0 Å². The number of aliphatic hydroxyl groups is 1. The number of aryl methyl sites for hydroxylation is 1. The van der Waals surface area contributed by atoms with Gasteiger partial charge in [-0.2, -0.15) is 0 Å². The van der Waals surface area contributed by atoms with Crippen molar-refractivity contribution in [3.63, 3.8) is 0 Å². The van der Waals surface area contributed by atoms with Gasteiger partial charge in [0, 0.05) is 14.9 Å². The molecule has 0 unspecified atom stereocenters. The number of halogens is 1. The van der Waals surface area contributed by atoms with E-state index in [1.165, 1.54) is 11.3 Å². The summed E-state index contributed by atoms with van der Waals surface area (Å²) >= 11 is 4.94. The molecule has 0 amide bonds. The molecule has 0 saturated heterocycles. The van der Waals surface area contributed by atoms with E-state index in [1.807, 2.05) is 25.1 Å². The Kier molecular flexibility index (Phi) is 3.81. The molecule has 1 N–H and O–H groups in total. The van der Waals surface area contributed by atoms with E-state index in [9.17, 15) is 0 Å². The molecule has 17 heavy (non-hydrogen) atoms. The summed E-state index contributed by atoms with van der Waals surface area (Å²) < 4.78 is 6.31. The molecule has 90 valence electrons. The molecule has 2 aromatic rings. The molecule has 0 spiro atoms. The maximum atomic E-state index is 9.11. The van der Waals surface area contributed by atoms with E-state index in [0.717, 1.165) is 31.4 Å². The van der Waals surface area contributed by atoms with Crippen LogP contribution in [0.25, 0.3) is 11.3 Å². The number of nitrogens with zero attached hydrogens (tertiary/aromatic N) is 1. The van der Waals surface area contributed by atoms with E-state index < -0.39 is 0 Å². The van der Waals surface area contributed by atoms with E-state index >= 15 is 0 Å². The van der Waals surface area contributed by atoms with E-state index in [0.29, 0.717) is 0 Å². The Bertz CT molecular complexity index is 539. The smallest absolute Gasteiger partial charge is 0.128 e. The number of aromatic nitrogens is 1. The summed E-state index contributed by atoms with van der Waals surface area (Å²) in [7, 11) is 1.64. The van der Waals surface area contributed by atoms with Gasteiger partial charge >= 0.3 is 0 Å². The van der Waals surface area contributed by atoms with Crippen LogP contribution in [0.5, 0.6) is 5.75 Å². The van der Waals surface area contributed by atoms with Crippen LogP contribution in [0.1, 0.15) is 9.88 Å². The number of thiazole rings is 1. The average molecular weight is 314 g/mol. The van der Waals surface area contributed by atoms with Gasteiger partial charge in [-0.05, 0) is 25.1 Å². The third-order valence-electron chi connectivity index (χ3n) is 2.39. The molecular formula is C12H12BrNO2S. The lowest BCUT2D eigenvalue weighted by Gasteiger charge is -2.07. The van der Waals surface area contributed by atoms with Crippen molar-refractivity contribution in [2.45, 2.75) is 13.5 Å². The monoisotopic (exact) mass is 313 g/mol. The van der Waals surface area contributed by atoms with Crippen LogP contribution in [0, 0.1) is 6.92 Å². The molecule has 1 aromatic heterocycles. The molecule has 0 saturated carbocycles. The van der Waals surface area contributed by atoms with E-state index in [2.05, 4.69) is 20.9 Å². The van der Waals surface area contributed by atoms with Gasteiger partial charge < -0.3 is 9.84 Å². The Labute approximate surface area is 112 Å². The van der Waals surface area contributed by atoms with Crippen molar-refractivity contribution in [2.75, 3.05) is 7.11 Å². The maximum absolute atomic E-state index is 9.11. The SMILES string of the molecule is COc1ccc(Br)cc1-c1nc(CO)sc1C. The number of rotatable bonds is 3. The van der Waals surface area contributed by atoms with Crippen molar-refractivity contribution >= 4 is 27.3 Å². The van der Waals surface area contributed by atoms with E-state index in [1.54, 1.807) is 7.11 Å². The fraction of sp³-hybridized carbons (Fsp3) is 0.250. The van der Waals surface area contributed by atoms with Gasteiger partial charge in [0.1, 0.15) is 10.8 Å². The van der Waals surface area contributed by atoms with Gasteiger partial charge in [0.05, 0.1) is 19.4 Å². The van der Waals surface area contributed by atoms with Crippen molar-refractivity contribution in [3.05, 3.63) is 32.6 Å². The summed E-state index contributed by atoms with van der Waals surface area (Å²) in [5.74, 6) is 0.783. The highest BCUT2D eigenvalue weighted by molar-refractivity contribution is 9.10. The molecule has 1 aromatic carbocycles. The zero-order chi connectivity index (χ0) is 12.4. The third-order valence-corrected chi connectivity index (χ3v) is 3.84. The standard InChI is InChI=1S/C12H12BrNO2S/c1-7-12(14-11(6-15)17-7)9-5-8(13)3-4-10(9)16-2/h3-5,15H,6H2,1-2H3. The number of methoxy groups -OCH3 is 1. The topological polar surface area (TPSA) is 42.4 Å². The number of hydrogen-bond acceptors (Lipinski definition) is 4. The van der Waals surface area contributed by atoms with Gasteiger partial charge in [0.25, 0.3) is 0 Å². The molecule has 3 nitrogen and oxygen atoms in total. The lowest BCUT2D eigenvalue weighted by Crippen LogP contribution is -1.90. The molecule has 5 heteroatoms. The van der Waals surface area contributed by atoms with Gasteiger partial charge in [-0.1, -0.05) is 15.9 Å². The van der Waals surface area contributed by atoms with Crippen LogP contribution in [-0.2, 0) is 6.61 Å². The predicted molar refractivity (Wildman–Crippen MR) is 72.5 cm³/mol. The van der Waals surface area contributed by atoms with Crippen molar-refractivity contribution in [1.82, 2.24) is 4.98 Å². The molecule has 0 aliphatic heterocycles. The van der Waals surface area contributed by atoms with Crippen LogP contribution in [0.2, 0.25) is 0 Å². The quantitative estimate of drug-likeness (QED) is 0.944.